The Kier molecular flexibility index (Phi) is 4.76. The summed E-state index contributed by atoms with van der Waals surface area (Å²) in [5.74, 6) is -0.247. The molecular weight excluding hydrogens is 323 g/mol. The van der Waals surface area contributed by atoms with Gasteiger partial charge in [-0.1, -0.05) is 34.8 Å². The Bertz CT molecular complexity index is 656. The summed E-state index contributed by atoms with van der Waals surface area (Å²) >= 11 is 17.8. The number of ether oxygens (including phenoxy) is 1. The minimum Gasteiger partial charge on any atom is -0.481 e. The molecule has 2 aromatic carbocycles. The van der Waals surface area contributed by atoms with Crippen LogP contribution in [0, 0.1) is 0 Å². The molecule has 0 amide bonds. The molecule has 0 bridgehead atoms. The average Bonchev–Trinajstić information content (AvgIpc) is 2.36. The maximum absolute atomic E-state index is 10.9. The number of hydrogen-bond acceptors (Lipinski definition) is 2. The molecule has 0 unspecified atom stereocenters. The lowest BCUT2D eigenvalue weighted by Gasteiger charge is -2.12. The molecule has 0 spiro atoms. The van der Waals surface area contributed by atoms with Gasteiger partial charge >= 0.3 is 5.97 Å². The molecular formula is C14H9Cl3O3. The maximum Gasteiger partial charge on any atom is 0.307 e. The Balaban J connectivity index is 2.37. The summed E-state index contributed by atoms with van der Waals surface area (Å²) in [6.07, 6.45) is -0.200. The second kappa shape index (κ2) is 6.35. The van der Waals surface area contributed by atoms with Crippen molar-refractivity contribution < 1.29 is 14.6 Å². The van der Waals surface area contributed by atoms with Gasteiger partial charge in [-0.15, -0.1) is 0 Å². The highest BCUT2D eigenvalue weighted by atomic mass is 35.5. The molecule has 20 heavy (non-hydrogen) atoms. The van der Waals surface area contributed by atoms with Crippen molar-refractivity contribution >= 4 is 40.8 Å². The van der Waals surface area contributed by atoms with E-state index >= 15 is 0 Å². The van der Waals surface area contributed by atoms with Gasteiger partial charge in [-0.3, -0.25) is 4.79 Å². The molecule has 2 aromatic rings. The summed E-state index contributed by atoms with van der Waals surface area (Å²) < 4.78 is 5.64. The number of aliphatic carboxylic acids is 1. The molecule has 0 fully saturated rings. The molecule has 1 N–H and O–H groups in total. The number of hydrogen-bond donors (Lipinski definition) is 1. The van der Waals surface area contributed by atoms with Crippen LogP contribution in [-0.4, -0.2) is 11.1 Å². The third-order valence-electron chi connectivity index (χ3n) is 2.48. The first kappa shape index (κ1) is 15.0. The molecule has 0 aliphatic rings. The van der Waals surface area contributed by atoms with E-state index < -0.39 is 5.97 Å². The van der Waals surface area contributed by atoms with Gasteiger partial charge in [-0.05, 0) is 30.3 Å². The minimum absolute atomic E-state index is 0.200. The van der Waals surface area contributed by atoms with Crippen LogP contribution in [0.3, 0.4) is 0 Å². The summed E-state index contributed by atoms with van der Waals surface area (Å²) in [4.78, 5) is 10.9. The summed E-state index contributed by atoms with van der Waals surface area (Å²) in [5.41, 5.74) is 0.459. The predicted molar refractivity (Wildman–Crippen MR) is 79.3 cm³/mol. The van der Waals surface area contributed by atoms with Crippen LogP contribution >= 0.6 is 34.8 Å². The van der Waals surface area contributed by atoms with Crippen molar-refractivity contribution in [1.82, 2.24) is 0 Å². The Morgan fingerprint density at radius 3 is 2.35 bits per heavy atom. The molecule has 6 heteroatoms. The van der Waals surface area contributed by atoms with E-state index in [0.29, 0.717) is 32.1 Å². The number of carboxylic acids is 1. The van der Waals surface area contributed by atoms with Crippen LogP contribution in [0.4, 0.5) is 0 Å². The number of carboxylic acid groups (broad SMARTS) is 1. The van der Waals surface area contributed by atoms with Gasteiger partial charge in [0.1, 0.15) is 11.5 Å². The molecule has 3 nitrogen and oxygen atoms in total. The molecule has 0 radical (unpaired) electrons. The molecule has 0 aromatic heterocycles. The quantitative estimate of drug-likeness (QED) is 0.851. The fraction of sp³-hybridized carbons (Fsp3) is 0.0714. The lowest BCUT2D eigenvalue weighted by atomic mass is 10.1. The average molecular weight is 332 g/mol. The Labute approximate surface area is 130 Å². The fourth-order valence-electron chi connectivity index (χ4n) is 1.62. The van der Waals surface area contributed by atoms with Crippen LogP contribution in [0.2, 0.25) is 15.1 Å². The van der Waals surface area contributed by atoms with E-state index in [1.165, 1.54) is 0 Å². The monoisotopic (exact) mass is 330 g/mol. The summed E-state index contributed by atoms with van der Waals surface area (Å²) in [5, 5.41) is 10.2. The standard InChI is InChI=1S/C14H9Cl3O3/c15-9-2-4-12(8(5-9)6-14(18)19)20-13-7-10(16)1-3-11(13)17/h1-5,7H,6H2,(H,18,19). The van der Waals surface area contributed by atoms with Crippen molar-refractivity contribution in [1.29, 1.82) is 0 Å². The van der Waals surface area contributed by atoms with Gasteiger partial charge in [0.2, 0.25) is 0 Å². The Hall–Kier alpha value is -1.42. The number of benzene rings is 2. The Morgan fingerprint density at radius 1 is 1.00 bits per heavy atom. The van der Waals surface area contributed by atoms with Crippen LogP contribution < -0.4 is 4.74 Å². The zero-order valence-corrected chi connectivity index (χ0v) is 12.3. The van der Waals surface area contributed by atoms with Gasteiger partial charge in [-0.2, -0.15) is 0 Å². The van der Waals surface area contributed by atoms with Gasteiger partial charge in [0.15, 0.2) is 0 Å². The van der Waals surface area contributed by atoms with E-state index in [-0.39, 0.29) is 6.42 Å². The van der Waals surface area contributed by atoms with Gasteiger partial charge in [0.25, 0.3) is 0 Å². The van der Waals surface area contributed by atoms with E-state index in [2.05, 4.69) is 0 Å². The molecule has 2 rings (SSSR count). The van der Waals surface area contributed by atoms with Crippen LogP contribution in [0.15, 0.2) is 36.4 Å². The smallest absolute Gasteiger partial charge is 0.307 e. The molecule has 104 valence electrons. The maximum atomic E-state index is 10.9. The fourth-order valence-corrected chi connectivity index (χ4v) is 2.14. The molecule has 0 atom stereocenters. The van der Waals surface area contributed by atoms with Crippen LogP contribution in [0.25, 0.3) is 0 Å². The molecule has 0 aliphatic carbocycles. The summed E-state index contributed by atoms with van der Waals surface area (Å²) in [6, 6.07) is 9.55. The van der Waals surface area contributed by atoms with Crippen LogP contribution in [0.1, 0.15) is 5.56 Å². The Morgan fingerprint density at radius 2 is 1.65 bits per heavy atom. The van der Waals surface area contributed by atoms with E-state index in [9.17, 15) is 4.79 Å². The van der Waals surface area contributed by atoms with Gasteiger partial charge < -0.3 is 9.84 Å². The molecule has 0 saturated carbocycles. The minimum atomic E-state index is -0.977. The third kappa shape index (κ3) is 3.79. The number of halogens is 3. The molecule has 0 aliphatic heterocycles. The van der Waals surface area contributed by atoms with E-state index in [1.54, 1.807) is 36.4 Å². The lowest BCUT2D eigenvalue weighted by Crippen LogP contribution is -2.02. The second-order valence-electron chi connectivity index (χ2n) is 4.00. The van der Waals surface area contributed by atoms with Crippen molar-refractivity contribution in [3.63, 3.8) is 0 Å². The highest BCUT2D eigenvalue weighted by Crippen LogP contribution is 2.34. The van der Waals surface area contributed by atoms with Gasteiger partial charge in [0, 0.05) is 21.7 Å². The van der Waals surface area contributed by atoms with E-state index in [4.69, 9.17) is 44.6 Å². The van der Waals surface area contributed by atoms with E-state index in [0.717, 1.165) is 0 Å². The first-order valence-electron chi connectivity index (χ1n) is 5.59. The molecule has 0 heterocycles. The highest BCUT2D eigenvalue weighted by molar-refractivity contribution is 6.34. The predicted octanol–water partition coefficient (Wildman–Crippen LogP) is 5.07. The summed E-state index contributed by atoms with van der Waals surface area (Å²) in [7, 11) is 0. The highest BCUT2D eigenvalue weighted by Gasteiger charge is 2.12. The van der Waals surface area contributed by atoms with E-state index in [1.807, 2.05) is 0 Å². The zero-order valence-electron chi connectivity index (χ0n) is 10.1. The van der Waals surface area contributed by atoms with Crippen molar-refractivity contribution in [2.24, 2.45) is 0 Å². The summed E-state index contributed by atoms with van der Waals surface area (Å²) in [6.45, 7) is 0. The van der Waals surface area contributed by atoms with Crippen molar-refractivity contribution in [3.05, 3.63) is 57.0 Å². The first-order chi connectivity index (χ1) is 9.45. The normalized spacial score (nSPS) is 10.3. The van der Waals surface area contributed by atoms with Crippen molar-refractivity contribution in [3.8, 4) is 11.5 Å². The number of rotatable bonds is 4. The number of carbonyl (C=O) groups is 1. The van der Waals surface area contributed by atoms with Crippen LogP contribution in [0.5, 0.6) is 11.5 Å². The molecule has 0 saturated heterocycles. The van der Waals surface area contributed by atoms with Crippen molar-refractivity contribution in [2.75, 3.05) is 0 Å². The first-order valence-corrected chi connectivity index (χ1v) is 6.72. The SMILES string of the molecule is O=C(O)Cc1cc(Cl)ccc1Oc1cc(Cl)ccc1Cl. The van der Waals surface area contributed by atoms with Gasteiger partial charge in [0.05, 0.1) is 11.4 Å². The third-order valence-corrected chi connectivity index (χ3v) is 3.26. The van der Waals surface area contributed by atoms with Crippen LogP contribution in [-0.2, 0) is 11.2 Å². The second-order valence-corrected chi connectivity index (χ2v) is 5.28. The topological polar surface area (TPSA) is 46.5 Å². The largest absolute Gasteiger partial charge is 0.481 e. The zero-order chi connectivity index (χ0) is 14.7. The van der Waals surface area contributed by atoms with Crippen molar-refractivity contribution in [2.45, 2.75) is 6.42 Å². The lowest BCUT2D eigenvalue weighted by molar-refractivity contribution is -0.136. The van der Waals surface area contributed by atoms with Gasteiger partial charge in [-0.25, -0.2) is 0 Å².